The van der Waals surface area contributed by atoms with Crippen molar-refractivity contribution in [2.75, 3.05) is 33.3 Å². The number of phenolic OH excluding ortho intramolecular Hbond substituents is 1. The zero-order valence-electron chi connectivity index (χ0n) is 12.7. The number of hydrogen-bond donors (Lipinski definition) is 2. The van der Waals surface area contributed by atoms with Gasteiger partial charge in [-0.1, -0.05) is 6.08 Å². The molecule has 0 aliphatic carbocycles. The Morgan fingerprint density at radius 3 is 2.52 bits per heavy atom. The second kappa shape index (κ2) is 9.57. The molecule has 0 spiro atoms. The minimum absolute atomic E-state index is 0. The lowest BCUT2D eigenvalue weighted by atomic mass is 10.0. The van der Waals surface area contributed by atoms with Gasteiger partial charge in [0.05, 0.1) is 24.1 Å². The SMILES string of the molecule is C=C[C@H](c1cc([N+](=O)[O-])cc(OC)c1O)N1CCNCC1.Cl.Cl. The van der Waals surface area contributed by atoms with E-state index in [0.29, 0.717) is 5.56 Å². The highest BCUT2D eigenvalue weighted by Gasteiger charge is 2.26. The Morgan fingerprint density at radius 2 is 2.04 bits per heavy atom. The van der Waals surface area contributed by atoms with Crippen LogP contribution >= 0.6 is 24.8 Å². The molecule has 23 heavy (non-hydrogen) atoms. The number of methoxy groups -OCH3 is 1. The number of nitrogens with zero attached hydrogens (tertiary/aromatic N) is 2. The van der Waals surface area contributed by atoms with Crippen LogP contribution in [0.3, 0.4) is 0 Å². The van der Waals surface area contributed by atoms with Crippen molar-refractivity contribution in [3.63, 3.8) is 0 Å². The van der Waals surface area contributed by atoms with E-state index in [0.717, 1.165) is 26.2 Å². The van der Waals surface area contributed by atoms with E-state index in [9.17, 15) is 15.2 Å². The average molecular weight is 366 g/mol. The Labute approximate surface area is 147 Å². The first-order valence-corrected chi connectivity index (χ1v) is 6.71. The molecule has 7 nitrogen and oxygen atoms in total. The summed E-state index contributed by atoms with van der Waals surface area (Å²) in [4.78, 5) is 12.7. The molecule has 1 aliphatic rings. The van der Waals surface area contributed by atoms with Gasteiger partial charge in [-0.3, -0.25) is 15.0 Å². The molecule has 2 rings (SSSR count). The average Bonchev–Trinajstić information content (AvgIpc) is 2.50. The van der Waals surface area contributed by atoms with E-state index in [1.165, 1.54) is 19.2 Å². The van der Waals surface area contributed by atoms with E-state index in [2.05, 4.69) is 16.8 Å². The van der Waals surface area contributed by atoms with Gasteiger partial charge in [0.2, 0.25) is 0 Å². The van der Waals surface area contributed by atoms with Crippen LogP contribution in [0.15, 0.2) is 24.8 Å². The second-order valence-electron chi connectivity index (χ2n) is 4.81. The van der Waals surface area contributed by atoms with Crippen molar-refractivity contribution in [1.29, 1.82) is 0 Å². The predicted molar refractivity (Wildman–Crippen MR) is 93.2 cm³/mol. The Kier molecular flexibility index (Phi) is 8.93. The number of phenols is 1. The fourth-order valence-corrected chi connectivity index (χ4v) is 2.53. The molecule has 1 saturated heterocycles. The number of piperazine rings is 1. The molecular weight excluding hydrogens is 345 g/mol. The number of benzene rings is 1. The maximum Gasteiger partial charge on any atom is 0.273 e. The van der Waals surface area contributed by atoms with Crippen molar-refractivity contribution in [2.24, 2.45) is 0 Å². The summed E-state index contributed by atoms with van der Waals surface area (Å²) in [5.41, 5.74) is 0.333. The Morgan fingerprint density at radius 1 is 1.43 bits per heavy atom. The molecule has 1 aromatic rings. The molecule has 1 fully saturated rings. The predicted octanol–water partition coefficient (Wildman–Crippen LogP) is 2.28. The van der Waals surface area contributed by atoms with Gasteiger partial charge >= 0.3 is 0 Å². The van der Waals surface area contributed by atoms with E-state index in [4.69, 9.17) is 4.74 Å². The minimum atomic E-state index is -0.497. The lowest BCUT2D eigenvalue weighted by Crippen LogP contribution is -2.44. The zero-order valence-corrected chi connectivity index (χ0v) is 14.4. The fraction of sp³-hybridized carbons (Fsp3) is 0.429. The number of ether oxygens (including phenoxy) is 1. The fourth-order valence-electron chi connectivity index (χ4n) is 2.53. The van der Waals surface area contributed by atoms with Gasteiger partial charge < -0.3 is 15.2 Å². The number of hydrogen-bond acceptors (Lipinski definition) is 6. The molecule has 0 unspecified atom stereocenters. The molecule has 1 aliphatic heterocycles. The third kappa shape index (κ3) is 4.71. The van der Waals surface area contributed by atoms with Gasteiger partial charge in [0.1, 0.15) is 0 Å². The Hall–Kier alpha value is -1.54. The maximum atomic E-state index is 11.0. The molecule has 0 bridgehead atoms. The zero-order chi connectivity index (χ0) is 15.4. The standard InChI is InChI=1S/C14H19N3O4.2ClH/c1-3-12(16-6-4-15-5-7-16)11-8-10(17(19)20)9-13(21-2)14(11)18;;/h3,8-9,12,15,18H,1,4-7H2,2H3;2*1H/t12-;;/m1../s1. The van der Waals surface area contributed by atoms with Crippen LogP contribution in [-0.4, -0.2) is 48.2 Å². The lowest BCUT2D eigenvalue weighted by molar-refractivity contribution is -0.385. The van der Waals surface area contributed by atoms with E-state index in [1.807, 2.05) is 0 Å². The molecule has 2 N–H and O–H groups in total. The van der Waals surface area contributed by atoms with Gasteiger partial charge in [0.25, 0.3) is 5.69 Å². The van der Waals surface area contributed by atoms with Crippen molar-refractivity contribution in [3.8, 4) is 11.5 Å². The molecule has 1 aromatic carbocycles. The Balaban J connectivity index is 0.00000242. The van der Waals surface area contributed by atoms with Gasteiger partial charge in [-0.05, 0) is 0 Å². The van der Waals surface area contributed by atoms with Crippen molar-refractivity contribution in [2.45, 2.75) is 6.04 Å². The summed E-state index contributed by atoms with van der Waals surface area (Å²) < 4.78 is 5.04. The first-order valence-electron chi connectivity index (χ1n) is 6.71. The molecular formula is C14H21Cl2N3O4. The van der Waals surface area contributed by atoms with Crippen LogP contribution in [0, 0.1) is 10.1 Å². The van der Waals surface area contributed by atoms with E-state index < -0.39 is 4.92 Å². The van der Waals surface area contributed by atoms with Crippen molar-refractivity contribution < 1.29 is 14.8 Å². The summed E-state index contributed by atoms with van der Waals surface area (Å²) in [5.74, 6) is 0.0210. The lowest BCUT2D eigenvalue weighted by Gasteiger charge is -2.33. The van der Waals surface area contributed by atoms with Crippen molar-refractivity contribution >= 4 is 30.5 Å². The van der Waals surface area contributed by atoms with E-state index in [1.54, 1.807) is 6.08 Å². The number of nitrogens with one attached hydrogen (secondary N) is 1. The first kappa shape index (κ1) is 21.5. The highest BCUT2D eigenvalue weighted by molar-refractivity contribution is 5.85. The summed E-state index contributed by atoms with van der Waals surface area (Å²) >= 11 is 0. The number of rotatable bonds is 5. The molecule has 130 valence electrons. The maximum absolute atomic E-state index is 11.0. The summed E-state index contributed by atoms with van der Waals surface area (Å²) in [5, 5.41) is 24.6. The van der Waals surface area contributed by atoms with Crippen LogP contribution < -0.4 is 10.1 Å². The first-order chi connectivity index (χ1) is 10.1. The number of aromatic hydroxyl groups is 1. The summed E-state index contributed by atoms with van der Waals surface area (Å²) in [7, 11) is 1.37. The smallest absolute Gasteiger partial charge is 0.273 e. The minimum Gasteiger partial charge on any atom is -0.504 e. The van der Waals surface area contributed by atoms with Gasteiger partial charge in [-0.2, -0.15) is 0 Å². The van der Waals surface area contributed by atoms with E-state index in [-0.39, 0.29) is 48.0 Å². The van der Waals surface area contributed by atoms with Gasteiger partial charge in [-0.25, -0.2) is 0 Å². The summed E-state index contributed by atoms with van der Waals surface area (Å²) in [6.45, 7) is 7.02. The molecule has 9 heteroatoms. The van der Waals surface area contributed by atoms with Crippen LogP contribution in [0.25, 0.3) is 0 Å². The largest absolute Gasteiger partial charge is 0.504 e. The molecule has 1 heterocycles. The molecule has 0 saturated carbocycles. The molecule has 0 amide bonds. The van der Waals surface area contributed by atoms with Crippen LogP contribution in [-0.2, 0) is 0 Å². The summed E-state index contributed by atoms with van der Waals surface area (Å²) in [6.07, 6.45) is 1.68. The number of nitro groups is 1. The monoisotopic (exact) mass is 365 g/mol. The van der Waals surface area contributed by atoms with E-state index >= 15 is 0 Å². The number of nitro benzene ring substituents is 1. The Bertz CT molecular complexity index is 551. The second-order valence-corrected chi connectivity index (χ2v) is 4.81. The van der Waals surface area contributed by atoms with Crippen LogP contribution in [0.2, 0.25) is 0 Å². The van der Waals surface area contributed by atoms with Gasteiger partial charge in [-0.15, -0.1) is 31.4 Å². The molecule has 0 radical (unpaired) electrons. The highest BCUT2D eigenvalue weighted by Crippen LogP contribution is 2.40. The highest BCUT2D eigenvalue weighted by atomic mass is 35.5. The van der Waals surface area contributed by atoms with Crippen LogP contribution in [0.1, 0.15) is 11.6 Å². The summed E-state index contributed by atoms with van der Waals surface area (Å²) in [6, 6.07) is 2.31. The number of halogens is 2. The molecule has 0 aromatic heterocycles. The van der Waals surface area contributed by atoms with Gasteiger partial charge in [0, 0.05) is 37.8 Å². The third-order valence-corrected chi connectivity index (χ3v) is 3.61. The van der Waals surface area contributed by atoms with Crippen molar-refractivity contribution in [1.82, 2.24) is 10.2 Å². The third-order valence-electron chi connectivity index (χ3n) is 3.61. The normalized spacial score (nSPS) is 15.7. The quantitative estimate of drug-likeness (QED) is 0.472. The topological polar surface area (TPSA) is 87.9 Å². The van der Waals surface area contributed by atoms with Crippen LogP contribution in [0.5, 0.6) is 11.5 Å². The van der Waals surface area contributed by atoms with Crippen molar-refractivity contribution in [3.05, 3.63) is 40.5 Å². The number of non-ortho nitro benzene ring substituents is 1. The van der Waals surface area contributed by atoms with Gasteiger partial charge in [0.15, 0.2) is 11.5 Å². The van der Waals surface area contributed by atoms with Crippen LogP contribution in [0.4, 0.5) is 5.69 Å². The molecule has 1 atom stereocenters.